The largest absolute Gasteiger partial charge is 0.344 e. The third-order valence-electron chi connectivity index (χ3n) is 3.74. The van der Waals surface area contributed by atoms with Crippen molar-refractivity contribution in [2.45, 2.75) is 103 Å². The van der Waals surface area contributed by atoms with E-state index in [1.165, 1.54) is 96.3 Å². The molecule has 2 heteroatoms. The third kappa shape index (κ3) is 20.7. The highest BCUT2D eigenvalue weighted by atomic mass is 35.5. The van der Waals surface area contributed by atoms with E-state index in [-0.39, 0.29) is 6.15 Å². The lowest BCUT2D eigenvalue weighted by molar-refractivity contribution is 0.535. The van der Waals surface area contributed by atoms with Crippen molar-refractivity contribution in [1.82, 2.24) is 6.15 Å². The Bertz CT molecular complexity index is 123. The lowest BCUT2D eigenvalue weighted by atomic mass is 10.0. The SMILES string of the molecule is CCCCCCCCCCCCCCCCCCl.N. The van der Waals surface area contributed by atoms with Crippen molar-refractivity contribution in [2.24, 2.45) is 0 Å². The topological polar surface area (TPSA) is 35.0 Å². The molecule has 0 rings (SSSR count). The first-order chi connectivity index (χ1) is 8.91. The maximum atomic E-state index is 5.65. The first-order valence-electron chi connectivity index (χ1n) is 8.47. The van der Waals surface area contributed by atoms with Gasteiger partial charge in [-0.15, -0.1) is 11.6 Å². The van der Waals surface area contributed by atoms with Crippen LogP contribution in [0.2, 0.25) is 0 Å². The van der Waals surface area contributed by atoms with Gasteiger partial charge in [0, 0.05) is 5.88 Å². The van der Waals surface area contributed by atoms with Crippen LogP contribution < -0.4 is 6.15 Å². The monoisotopic (exact) mass is 291 g/mol. The maximum Gasteiger partial charge on any atom is 0.0223 e. The number of halogens is 1. The Morgan fingerprint density at radius 1 is 0.474 bits per heavy atom. The first kappa shape index (κ1) is 21.5. The minimum absolute atomic E-state index is 0. The highest BCUT2D eigenvalue weighted by Crippen LogP contribution is 2.13. The Hall–Kier alpha value is 0.250. The molecule has 118 valence electrons. The van der Waals surface area contributed by atoms with E-state index in [1.54, 1.807) is 0 Å². The van der Waals surface area contributed by atoms with Gasteiger partial charge in [0.15, 0.2) is 0 Å². The van der Waals surface area contributed by atoms with E-state index in [0.717, 1.165) is 5.88 Å². The summed E-state index contributed by atoms with van der Waals surface area (Å²) in [6.45, 7) is 2.29. The van der Waals surface area contributed by atoms with Crippen LogP contribution in [-0.2, 0) is 0 Å². The summed E-state index contributed by atoms with van der Waals surface area (Å²) < 4.78 is 0. The van der Waals surface area contributed by atoms with Gasteiger partial charge in [0.05, 0.1) is 0 Å². The van der Waals surface area contributed by atoms with E-state index in [4.69, 9.17) is 11.6 Å². The highest BCUT2D eigenvalue weighted by Gasteiger charge is 1.93. The van der Waals surface area contributed by atoms with Gasteiger partial charge >= 0.3 is 0 Å². The molecule has 0 aromatic heterocycles. The van der Waals surface area contributed by atoms with Crippen LogP contribution in [0.3, 0.4) is 0 Å². The van der Waals surface area contributed by atoms with Crippen molar-refractivity contribution >= 4 is 11.6 Å². The summed E-state index contributed by atoms with van der Waals surface area (Å²) >= 11 is 5.65. The Morgan fingerprint density at radius 3 is 1.00 bits per heavy atom. The zero-order valence-electron chi connectivity index (χ0n) is 13.4. The average molecular weight is 292 g/mol. The van der Waals surface area contributed by atoms with Crippen LogP contribution in [0.15, 0.2) is 0 Å². The highest BCUT2D eigenvalue weighted by molar-refractivity contribution is 6.17. The van der Waals surface area contributed by atoms with Gasteiger partial charge in [0.2, 0.25) is 0 Å². The lowest BCUT2D eigenvalue weighted by Crippen LogP contribution is -1.83. The van der Waals surface area contributed by atoms with E-state index in [0.29, 0.717) is 0 Å². The van der Waals surface area contributed by atoms with Gasteiger partial charge in [-0.3, -0.25) is 0 Å². The fourth-order valence-corrected chi connectivity index (χ4v) is 2.65. The summed E-state index contributed by atoms with van der Waals surface area (Å²) in [4.78, 5) is 0. The molecule has 0 amide bonds. The number of unbranched alkanes of at least 4 members (excludes halogenated alkanes) is 14. The summed E-state index contributed by atoms with van der Waals surface area (Å²) in [5.41, 5.74) is 0. The van der Waals surface area contributed by atoms with E-state index >= 15 is 0 Å². The molecule has 0 radical (unpaired) electrons. The molecule has 0 bridgehead atoms. The number of hydrogen-bond acceptors (Lipinski definition) is 1. The minimum atomic E-state index is 0. The van der Waals surface area contributed by atoms with E-state index in [9.17, 15) is 0 Å². The Morgan fingerprint density at radius 2 is 0.737 bits per heavy atom. The number of rotatable bonds is 15. The number of hydrogen-bond donors (Lipinski definition) is 1. The molecule has 19 heavy (non-hydrogen) atoms. The Balaban J connectivity index is 0. The van der Waals surface area contributed by atoms with E-state index in [1.807, 2.05) is 0 Å². The van der Waals surface area contributed by atoms with Gasteiger partial charge in [-0.1, -0.05) is 96.8 Å². The first-order valence-corrected chi connectivity index (χ1v) is 9.01. The molecule has 0 aromatic rings. The molecule has 3 N–H and O–H groups in total. The summed E-state index contributed by atoms with van der Waals surface area (Å²) in [7, 11) is 0. The van der Waals surface area contributed by atoms with Gasteiger partial charge < -0.3 is 6.15 Å². The van der Waals surface area contributed by atoms with Crippen LogP contribution >= 0.6 is 11.6 Å². The second-order valence-electron chi connectivity index (χ2n) is 5.64. The van der Waals surface area contributed by atoms with Crippen molar-refractivity contribution in [1.29, 1.82) is 0 Å². The Labute approximate surface area is 127 Å². The molecule has 0 fully saturated rings. The standard InChI is InChI=1S/C17H35Cl.H3N/c1-2-3-4-5-6-7-8-9-10-11-12-13-14-15-16-17-18;/h2-17H2,1H3;1H3. The predicted octanol–water partition coefficient (Wildman–Crippen LogP) is 7.26. The second kappa shape index (κ2) is 20.6. The van der Waals surface area contributed by atoms with Gasteiger partial charge in [0.1, 0.15) is 0 Å². The van der Waals surface area contributed by atoms with Crippen LogP contribution in [0.5, 0.6) is 0 Å². The molecule has 0 aliphatic rings. The molecule has 0 heterocycles. The van der Waals surface area contributed by atoms with Gasteiger partial charge in [-0.25, -0.2) is 0 Å². The summed E-state index contributed by atoms with van der Waals surface area (Å²) in [5.74, 6) is 0.845. The van der Waals surface area contributed by atoms with Crippen LogP contribution in [0.4, 0.5) is 0 Å². The van der Waals surface area contributed by atoms with Crippen LogP contribution in [-0.4, -0.2) is 5.88 Å². The van der Waals surface area contributed by atoms with E-state index in [2.05, 4.69) is 6.92 Å². The molecular formula is C17H38ClN. The smallest absolute Gasteiger partial charge is 0.0223 e. The fraction of sp³-hybridized carbons (Fsp3) is 1.00. The minimum Gasteiger partial charge on any atom is -0.344 e. The normalized spacial score (nSPS) is 10.4. The molecule has 0 aromatic carbocycles. The quantitative estimate of drug-likeness (QED) is 0.250. The van der Waals surface area contributed by atoms with Gasteiger partial charge in [-0.2, -0.15) is 0 Å². The predicted molar refractivity (Wildman–Crippen MR) is 90.7 cm³/mol. The molecule has 0 unspecified atom stereocenters. The van der Waals surface area contributed by atoms with Crippen LogP contribution in [0.25, 0.3) is 0 Å². The van der Waals surface area contributed by atoms with E-state index < -0.39 is 0 Å². The second-order valence-corrected chi connectivity index (χ2v) is 6.02. The van der Waals surface area contributed by atoms with Crippen LogP contribution in [0, 0.1) is 0 Å². The summed E-state index contributed by atoms with van der Waals surface area (Å²) in [6, 6.07) is 0. The number of alkyl halides is 1. The zero-order chi connectivity index (χ0) is 13.3. The fourth-order valence-electron chi connectivity index (χ4n) is 2.47. The molecule has 0 atom stereocenters. The maximum absolute atomic E-state index is 5.65. The lowest BCUT2D eigenvalue weighted by Gasteiger charge is -2.02. The average Bonchev–Trinajstić information content (AvgIpc) is 2.39. The summed E-state index contributed by atoms with van der Waals surface area (Å²) in [6.07, 6.45) is 21.3. The van der Waals surface area contributed by atoms with Crippen molar-refractivity contribution in [3.63, 3.8) is 0 Å². The van der Waals surface area contributed by atoms with Crippen molar-refractivity contribution in [3.05, 3.63) is 0 Å². The molecule has 1 nitrogen and oxygen atoms in total. The molecule has 0 aliphatic heterocycles. The van der Waals surface area contributed by atoms with Gasteiger partial charge in [0.25, 0.3) is 0 Å². The molecule has 0 saturated carbocycles. The van der Waals surface area contributed by atoms with Crippen LogP contribution in [0.1, 0.15) is 103 Å². The molecule has 0 saturated heterocycles. The van der Waals surface area contributed by atoms with Crippen molar-refractivity contribution in [2.75, 3.05) is 5.88 Å². The molecule has 0 spiro atoms. The molecular weight excluding hydrogens is 254 g/mol. The van der Waals surface area contributed by atoms with Gasteiger partial charge in [-0.05, 0) is 6.42 Å². The van der Waals surface area contributed by atoms with Crippen molar-refractivity contribution in [3.8, 4) is 0 Å². The Kier molecular flexibility index (Phi) is 23.3. The zero-order valence-corrected chi connectivity index (χ0v) is 14.2. The summed E-state index contributed by atoms with van der Waals surface area (Å²) in [5, 5.41) is 0. The molecule has 0 aliphatic carbocycles. The third-order valence-corrected chi connectivity index (χ3v) is 4.00. The van der Waals surface area contributed by atoms with Crippen molar-refractivity contribution < 1.29 is 0 Å².